The van der Waals surface area contributed by atoms with E-state index in [-0.39, 0.29) is 0 Å². The zero-order valence-electron chi connectivity index (χ0n) is 7.94. The predicted octanol–water partition coefficient (Wildman–Crippen LogP) is 3.63. The molecule has 0 aliphatic rings. The number of allylic oxidation sites excluding steroid dienone is 2. The van der Waals surface area contributed by atoms with E-state index < -0.39 is 0 Å². The van der Waals surface area contributed by atoms with Crippen LogP contribution in [-0.2, 0) is 0 Å². The van der Waals surface area contributed by atoms with E-state index in [0.717, 1.165) is 0 Å². The molecule has 0 aromatic carbocycles. The Morgan fingerprint density at radius 3 is 2.10 bits per heavy atom. The van der Waals surface area contributed by atoms with Crippen LogP contribution in [0.5, 0.6) is 0 Å². The van der Waals surface area contributed by atoms with Crippen molar-refractivity contribution < 1.29 is 0 Å². The smallest absolute Gasteiger partial charge is 0.0177 e. The third-order valence-corrected chi connectivity index (χ3v) is 1.84. The van der Waals surface area contributed by atoms with Gasteiger partial charge in [-0.15, -0.1) is 0 Å². The first-order chi connectivity index (χ1) is 4.48. The van der Waals surface area contributed by atoms with Gasteiger partial charge in [-0.3, -0.25) is 0 Å². The van der Waals surface area contributed by atoms with Gasteiger partial charge in [0.2, 0.25) is 0 Å². The normalized spacial score (nSPS) is 13.4. The molecule has 0 aromatic rings. The summed E-state index contributed by atoms with van der Waals surface area (Å²) in [6.07, 6.45) is 5.82. The lowest BCUT2D eigenvalue weighted by Gasteiger charge is -2.17. The first-order valence-corrected chi connectivity index (χ1v) is 4.17. The molecule has 10 heavy (non-hydrogen) atoms. The maximum atomic E-state index is 2.32. The molecular formula is C10H20. The fraction of sp³-hybridized carbons (Fsp3) is 0.800. The molecule has 0 heterocycles. The molecule has 0 nitrogen and oxygen atoms in total. The van der Waals surface area contributed by atoms with Crippen molar-refractivity contribution in [3.63, 3.8) is 0 Å². The van der Waals surface area contributed by atoms with Crippen LogP contribution in [0.15, 0.2) is 12.2 Å². The van der Waals surface area contributed by atoms with E-state index in [0.29, 0.717) is 11.3 Å². The molecule has 60 valence electrons. The SMILES string of the molecule is CCC(C)(C)C=CC(C)C. The van der Waals surface area contributed by atoms with Crippen LogP contribution in [0.1, 0.15) is 41.0 Å². The van der Waals surface area contributed by atoms with E-state index in [1.54, 1.807) is 0 Å². The molecule has 0 saturated carbocycles. The van der Waals surface area contributed by atoms with Gasteiger partial charge in [0, 0.05) is 0 Å². The quantitative estimate of drug-likeness (QED) is 0.525. The lowest BCUT2D eigenvalue weighted by atomic mass is 9.89. The molecule has 0 spiro atoms. The molecule has 0 aliphatic carbocycles. The molecule has 0 aromatic heterocycles. The molecule has 0 bridgehead atoms. The van der Waals surface area contributed by atoms with Crippen molar-refractivity contribution >= 4 is 0 Å². The number of hydrogen-bond donors (Lipinski definition) is 0. The lowest BCUT2D eigenvalue weighted by molar-refractivity contribution is 0.459. The Bertz CT molecular complexity index is 107. The van der Waals surface area contributed by atoms with E-state index in [1.807, 2.05) is 0 Å². The van der Waals surface area contributed by atoms with E-state index in [2.05, 4.69) is 46.8 Å². The fourth-order valence-electron chi connectivity index (χ4n) is 0.571. The molecule has 0 radical (unpaired) electrons. The average Bonchev–Trinajstić information content (AvgIpc) is 1.85. The summed E-state index contributed by atoms with van der Waals surface area (Å²) < 4.78 is 0. The van der Waals surface area contributed by atoms with E-state index >= 15 is 0 Å². The second-order valence-corrected chi connectivity index (χ2v) is 3.95. The van der Waals surface area contributed by atoms with E-state index in [1.165, 1.54) is 6.42 Å². The van der Waals surface area contributed by atoms with Gasteiger partial charge in [-0.2, -0.15) is 0 Å². The first-order valence-electron chi connectivity index (χ1n) is 4.17. The molecule has 0 rings (SSSR count). The Morgan fingerprint density at radius 1 is 1.30 bits per heavy atom. The van der Waals surface area contributed by atoms with Crippen molar-refractivity contribution in [2.45, 2.75) is 41.0 Å². The second-order valence-electron chi connectivity index (χ2n) is 3.95. The molecule has 0 heteroatoms. The Hall–Kier alpha value is -0.260. The number of hydrogen-bond acceptors (Lipinski definition) is 0. The summed E-state index contributed by atoms with van der Waals surface area (Å²) >= 11 is 0. The van der Waals surface area contributed by atoms with E-state index in [9.17, 15) is 0 Å². The fourth-order valence-corrected chi connectivity index (χ4v) is 0.571. The van der Waals surface area contributed by atoms with Crippen molar-refractivity contribution in [2.75, 3.05) is 0 Å². The van der Waals surface area contributed by atoms with Crippen molar-refractivity contribution in [1.82, 2.24) is 0 Å². The number of rotatable bonds is 3. The Labute approximate surface area is 65.3 Å². The van der Waals surface area contributed by atoms with Crippen molar-refractivity contribution in [1.29, 1.82) is 0 Å². The van der Waals surface area contributed by atoms with Crippen LogP contribution in [0, 0.1) is 11.3 Å². The monoisotopic (exact) mass is 140 g/mol. The summed E-state index contributed by atoms with van der Waals surface area (Å²) in [5, 5.41) is 0. The Kier molecular flexibility index (Phi) is 3.70. The van der Waals surface area contributed by atoms with Crippen LogP contribution in [0.2, 0.25) is 0 Å². The highest BCUT2D eigenvalue weighted by Crippen LogP contribution is 2.21. The van der Waals surface area contributed by atoms with Crippen LogP contribution in [0.4, 0.5) is 0 Å². The van der Waals surface area contributed by atoms with E-state index in [4.69, 9.17) is 0 Å². The van der Waals surface area contributed by atoms with Crippen molar-refractivity contribution in [2.24, 2.45) is 11.3 Å². The highest BCUT2D eigenvalue weighted by molar-refractivity contribution is 4.95. The summed E-state index contributed by atoms with van der Waals surface area (Å²) in [7, 11) is 0. The van der Waals surface area contributed by atoms with Crippen LogP contribution in [0.25, 0.3) is 0 Å². The van der Waals surface area contributed by atoms with Gasteiger partial charge >= 0.3 is 0 Å². The van der Waals surface area contributed by atoms with Gasteiger partial charge in [0.05, 0.1) is 0 Å². The Morgan fingerprint density at radius 2 is 1.80 bits per heavy atom. The predicted molar refractivity (Wildman–Crippen MR) is 48.1 cm³/mol. The summed E-state index contributed by atoms with van der Waals surface area (Å²) in [6, 6.07) is 0. The van der Waals surface area contributed by atoms with Crippen molar-refractivity contribution in [3.8, 4) is 0 Å². The van der Waals surface area contributed by atoms with Crippen molar-refractivity contribution in [3.05, 3.63) is 12.2 Å². The second kappa shape index (κ2) is 3.80. The lowest BCUT2D eigenvalue weighted by Crippen LogP contribution is -2.04. The molecule has 0 unspecified atom stereocenters. The summed E-state index contributed by atoms with van der Waals surface area (Å²) in [5.41, 5.74) is 0.393. The first kappa shape index (κ1) is 9.74. The van der Waals surface area contributed by atoms with Gasteiger partial charge in [0.25, 0.3) is 0 Å². The topological polar surface area (TPSA) is 0 Å². The molecule has 0 fully saturated rings. The van der Waals surface area contributed by atoms with Gasteiger partial charge in [-0.05, 0) is 17.8 Å². The van der Waals surface area contributed by atoms with Crippen LogP contribution in [-0.4, -0.2) is 0 Å². The zero-order valence-corrected chi connectivity index (χ0v) is 7.94. The highest BCUT2D eigenvalue weighted by atomic mass is 14.1. The van der Waals surface area contributed by atoms with Crippen LogP contribution in [0.3, 0.4) is 0 Å². The van der Waals surface area contributed by atoms with Gasteiger partial charge in [-0.25, -0.2) is 0 Å². The Balaban J connectivity index is 3.86. The third kappa shape index (κ3) is 4.60. The molecule has 0 atom stereocenters. The van der Waals surface area contributed by atoms with Crippen LogP contribution >= 0.6 is 0 Å². The minimum Gasteiger partial charge on any atom is -0.0854 e. The summed E-state index contributed by atoms with van der Waals surface area (Å²) in [6.45, 7) is 11.2. The average molecular weight is 140 g/mol. The largest absolute Gasteiger partial charge is 0.0854 e. The maximum Gasteiger partial charge on any atom is -0.0177 e. The third-order valence-electron chi connectivity index (χ3n) is 1.84. The molecule has 0 saturated heterocycles. The summed E-state index contributed by atoms with van der Waals surface area (Å²) in [5.74, 6) is 0.686. The summed E-state index contributed by atoms with van der Waals surface area (Å²) in [4.78, 5) is 0. The molecule has 0 amide bonds. The highest BCUT2D eigenvalue weighted by Gasteiger charge is 2.08. The van der Waals surface area contributed by atoms with Gasteiger partial charge in [0.15, 0.2) is 0 Å². The molecular weight excluding hydrogens is 120 g/mol. The van der Waals surface area contributed by atoms with Crippen LogP contribution < -0.4 is 0 Å². The zero-order chi connectivity index (χ0) is 8.20. The standard InChI is InChI=1S/C10H20/c1-6-10(4,5)8-7-9(2)3/h7-9H,6H2,1-5H3. The van der Waals surface area contributed by atoms with Gasteiger partial charge < -0.3 is 0 Å². The molecule has 0 aliphatic heterocycles. The minimum absolute atomic E-state index is 0.393. The maximum absolute atomic E-state index is 2.32. The molecule has 0 N–H and O–H groups in total. The minimum atomic E-state index is 0.393. The van der Waals surface area contributed by atoms with Gasteiger partial charge in [-0.1, -0.05) is 46.8 Å². The van der Waals surface area contributed by atoms with Gasteiger partial charge in [0.1, 0.15) is 0 Å².